The van der Waals surface area contributed by atoms with Gasteiger partial charge in [0.2, 0.25) is 0 Å². The van der Waals surface area contributed by atoms with Gasteiger partial charge in [-0.3, -0.25) is 4.79 Å². The number of halogens is 1. The molecule has 0 amide bonds. The molecule has 0 unspecified atom stereocenters. The SMILES string of the molecule is CC(C)n1c(C=O)cc2cccc(F)c21. The topological polar surface area (TPSA) is 22.0 Å². The largest absolute Gasteiger partial charge is 0.333 e. The molecule has 0 spiro atoms. The third-order valence-electron chi connectivity index (χ3n) is 2.48. The first-order valence-corrected chi connectivity index (χ1v) is 4.89. The van der Waals surface area contributed by atoms with Crippen LogP contribution in [0.25, 0.3) is 10.9 Å². The Morgan fingerprint density at radius 1 is 1.40 bits per heavy atom. The fourth-order valence-electron chi connectivity index (χ4n) is 1.91. The first kappa shape index (κ1) is 9.90. The molecule has 2 rings (SSSR count). The zero-order valence-electron chi connectivity index (χ0n) is 8.70. The van der Waals surface area contributed by atoms with Gasteiger partial charge in [0.25, 0.3) is 0 Å². The van der Waals surface area contributed by atoms with Crippen molar-refractivity contribution < 1.29 is 9.18 Å². The molecule has 0 fully saturated rings. The molecule has 1 aromatic heterocycles. The normalized spacial score (nSPS) is 11.2. The molecule has 2 aromatic rings. The van der Waals surface area contributed by atoms with E-state index in [1.165, 1.54) is 6.07 Å². The highest BCUT2D eigenvalue weighted by atomic mass is 19.1. The van der Waals surface area contributed by atoms with Gasteiger partial charge in [-0.05, 0) is 26.0 Å². The predicted octanol–water partition coefficient (Wildman–Crippen LogP) is 3.17. The van der Waals surface area contributed by atoms with Crippen molar-refractivity contribution in [2.24, 2.45) is 0 Å². The molecule has 0 aliphatic heterocycles. The second-order valence-electron chi connectivity index (χ2n) is 3.83. The summed E-state index contributed by atoms with van der Waals surface area (Å²) in [6, 6.07) is 6.65. The third-order valence-corrected chi connectivity index (χ3v) is 2.48. The first-order chi connectivity index (χ1) is 7.15. The van der Waals surface area contributed by atoms with Crippen LogP contribution in [-0.4, -0.2) is 10.9 Å². The minimum absolute atomic E-state index is 0.0691. The van der Waals surface area contributed by atoms with Crippen molar-refractivity contribution >= 4 is 17.2 Å². The summed E-state index contributed by atoms with van der Waals surface area (Å²) in [7, 11) is 0. The molecule has 0 aliphatic rings. The van der Waals surface area contributed by atoms with Crippen LogP contribution in [0.15, 0.2) is 24.3 Å². The van der Waals surface area contributed by atoms with Crippen LogP contribution in [-0.2, 0) is 0 Å². The second kappa shape index (κ2) is 3.50. The number of aromatic nitrogens is 1. The predicted molar refractivity (Wildman–Crippen MR) is 57.7 cm³/mol. The summed E-state index contributed by atoms with van der Waals surface area (Å²) < 4.78 is 15.3. The average molecular weight is 205 g/mol. The number of carbonyl (C=O) groups excluding carboxylic acids is 1. The van der Waals surface area contributed by atoms with Crippen molar-refractivity contribution in [2.45, 2.75) is 19.9 Å². The number of hydrogen-bond donors (Lipinski definition) is 0. The monoisotopic (exact) mass is 205 g/mol. The number of nitrogens with zero attached hydrogens (tertiary/aromatic N) is 1. The maximum Gasteiger partial charge on any atom is 0.166 e. The Morgan fingerprint density at radius 3 is 2.73 bits per heavy atom. The van der Waals surface area contributed by atoms with Crippen LogP contribution in [0.5, 0.6) is 0 Å². The number of carbonyl (C=O) groups is 1. The van der Waals surface area contributed by atoms with Crippen LogP contribution >= 0.6 is 0 Å². The number of para-hydroxylation sites is 1. The van der Waals surface area contributed by atoms with Gasteiger partial charge in [0, 0.05) is 11.4 Å². The minimum Gasteiger partial charge on any atom is -0.333 e. The fraction of sp³-hybridized carbons (Fsp3) is 0.250. The van der Waals surface area contributed by atoms with E-state index in [1.54, 1.807) is 16.7 Å². The van der Waals surface area contributed by atoms with Gasteiger partial charge in [-0.2, -0.15) is 0 Å². The van der Waals surface area contributed by atoms with Crippen molar-refractivity contribution in [3.05, 3.63) is 35.8 Å². The van der Waals surface area contributed by atoms with E-state index in [1.807, 2.05) is 19.9 Å². The molecule has 78 valence electrons. The van der Waals surface area contributed by atoms with Gasteiger partial charge < -0.3 is 4.57 Å². The first-order valence-electron chi connectivity index (χ1n) is 4.89. The van der Waals surface area contributed by atoms with E-state index in [4.69, 9.17) is 0 Å². The molecule has 0 saturated carbocycles. The molecule has 15 heavy (non-hydrogen) atoms. The highest BCUT2D eigenvalue weighted by Gasteiger charge is 2.13. The Kier molecular flexibility index (Phi) is 2.31. The van der Waals surface area contributed by atoms with Crippen LogP contribution < -0.4 is 0 Å². The Morgan fingerprint density at radius 2 is 2.13 bits per heavy atom. The summed E-state index contributed by atoms with van der Waals surface area (Å²) in [6.45, 7) is 3.86. The van der Waals surface area contributed by atoms with E-state index in [0.717, 1.165) is 11.7 Å². The molecule has 0 aliphatic carbocycles. The molecule has 0 saturated heterocycles. The molecule has 1 aromatic carbocycles. The lowest BCUT2D eigenvalue weighted by atomic mass is 10.2. The third kappa shape index (κ3) is 1.44. The quantitative estimate of drug-likeness (QED) is 0.690. The van der Waals surface area contributed by atoms with Gasteiger partial charge in [-0.15, -0.1) is 0 Å². The molecular formula is C12H12FNO. The van der Waals surface area contributed by atoms with E-state index in [-0.39, 0.29) is 11.9 Å². The van der Waals surface area contributed by atoms with Crippen LogP contribution in [0.2, 0.25) is 0 Å². The molecular weight excluding hydrogens is 193 g/mol. The lowest BCUT2D eigenvalue weighted by molar-refractivity contribution is 0.111. The molecule has 2 nitrogen and oxygen atoms in total. The molecule has 3 heteroatoms. The summed E-state index contributed by atoms with van der Waals surface area (Å²) in [5.41, 5.74) is 1.03. The van der Waals surface area contributed by atoms with Gasteiger partial charge in [-0.25, -0.2) is 4.39 Å². The van der Waals surface area contributed by atoms with E-state index in [9.17, 15) is 9.18 Å². The number of fused-ring (bicyclic) bond motifs is 1. The van der Waals surface area contributed by atoms with Crippen molar-refractivity contribution in [3.8, 4) is 0 Å². The maximum atomic E-state index is 13.6. The van der Waals surface area contributed by atoms with E-state index >= 15 is 0 Å². The number of aldehydes is 1. The fourth-order valence-corrected chi connectivity index (χ4v) is 1.91. The highest BCUT2D eigenvalue weighted by molar-refractivity contribution is 5.89. The van der Waals surface area contributed by atoms with Gasteiger partial charge >= 0.3 is 0 Å². The Balaban J connectivity index is 2.88. The molecule has 0 radical (unpaired) electrons. The summed E-state index contributed by atoms with van der Waals surface area (Å²) in [5.74, 6) is -0.283. The van der Waals surface area contributed by atoms with Gasteiger partial charge in [0.1, 0.15) is 5.82 Å². The zero-order valence-corrected chi connectivity index (χ0v) is 8.70. The highest BCUT2D eigenvalue weighted by Crippen LogP contribution is 2.25. The van der Waals surface area contributed by atoms with Crippen molar-refractivity contribution in [3.63, 3.8) is 0 Å². The van der Waals surface area contributed by atoms with Crippen molar-refractivity contribution in [1.29, 1.82) is 0 Å². The standard InChI is InChI=1S/C12H12FNO/c1-8(2)14-10(7-15)6-9-4-3-5-11(13)12(9)14/h3-8H,1-2H3. The van der Waals surface area contributed by atoms with Crippen LogP contribution in [0, 0.1) is 5.82 Å². The zero-order chi connectivity index (χ0) is 11.0. The number of benzene rings is 1. The summed E-state index contributed by atoms with van der Waals surface area (Å²) in [5, 5.41) is 0.769. The van der Waals surface area contributed by atoms with Gasteiger partial charge in [0.15, 0.2) is 6.29 Å². The van der Waals surface area contributed by atoms with Crippen LogP contribution in [0.3, 0.4) is 0 Å². The molecule has 0 bridgehead atoms. The van der Waals surface area contributed by atoms with Crippen LogP contribution in [0.4, 0.5) is 4.39 Å². The second-order valence-corrected chi connectivity index (χ2v) is 3.83. The Labute approximate surface area is 87.3 Å². The number of rotatable bonds is 2. The average Bonchev–Trinajstić information content (AvgIpc) is 2.57. The molecule has 0 N–H and O–H groups in total. The van der Waals surface area contributed by atoms with Crippen molar-refractivity contribution in [2.75, 3.05) is 0 Å². The Hall–Kier alpha value is -1.64. The summed E-state index contributed by atoms with van der Waals surface area (Å²) in [4.78, 5) is 10.9. The van der Waals surface area contributed by atoms with Gasteiger partial charge in [-0.1, -0.05) is 12.1 Å². The Bertz CT molecular complexity index is 514. The molecule has 1 heterocycles. The number of hydrogen-bond acceptors (Lipinski definition) is 1. The van der Waals surface area contributed by atoms with Crippen molar-refractivity contribution in [1.82, 2.24) is 4.57 Å². The van der Waals surface area contributed by atoms with Gasteiger partial charge in [0.05, 0.1) is 11.2 Å². The van der Waals surface area contributed by atoms with E-state index < -0.39 is 0 Å². The minimum atomic E-state index is -0.283. The maximum absolute atomic E-state index is 13.6. The van der Waals surface area contributed by atoms with Crippen LogP contribution in [0.1, 0.15) is 30.4 Å². The van der Waals surface area contributed by atoms with E-state index in [0.29, 0.717) is 11.2 Å². The lowest BCUT2D eigenvalue weighted by Crippen LogP contribution is -2.05. The molecule has 0 atom stereocenters. The smallest absolute Gasteiger partial charge is 0.166 e. The summed E-state index contributed by atoms with van der Waals surface area (Å²) in [6.07, 6.45) is 0.763. The van der Waals surface area contributed by atoms with E-state index in [2.05, 4.69) is 0 Å². The summed E-state index contributed by atoms with van der Waals surface area (Å²) >= 11 is 0. The lowest BCUT2D eigenvalue weighted by Gasteiger charge is -2.11.